The lowest BCUT2D eigenvalue weighted by Gasteiger charge is -2.37. The molecule has 4 heteroatoms. The van der Waals surface area contributed by atoms with Gasteiger partial charge < -0.3 is 10.1 Å². The molecule has 1 heterocycles. The zero-order valence-corrected chi connectivity index (χ0v) is 14.2. The van der Waals surface area contributed by atoms with Crippen LogP contribution in [0.1, 0.15) is 42.2 Å². The van der Waals surface area contributed by atoms with Crippen molar-refractivity contribution in [3.8, 4) is 5.75 Å². The number of halogens is 1. The lowest BCUT2D eigenvalue weighted by atomic mass is 9.89. The fraction of sp³-hybridized carbons (Fsp3) is 0.278. The first kappa shape index (κ1) is 15.1. The number of rotatable bonds is 2. The molecule has 1 atom stereocenters. The third-order valence-corrected chi connectivity index (χ3v) is 4.32. The molecule has 1 N–H and O–H groups in total. The molecule has 3 nitrogen and oxygen atoms in total. The Balaban J connectivity index is 1.85. The highest BCUT2D eigenvalue weighted by atomic mass is 79.9. The molecule has 0 saturated carbocycles. The first-order valence-corrected chi connectivity index (χ1v) is 8.08. The number of carbonyl (C=O) groups is 1. The van der Waals surface area contributed by atoms with Gasteiger partial charge in [0.05, 0.1) is 6.04 Å². The van der Waals surface area contributed by atoms with Crippen LogP contribution in [0.25, 0.3) is 0 Å². The van der Waals surface area contributed by atoms with E-state index in [0.29, 0.717) is 5.56 Å². The SMILES string of the molecule is CC1(C)C[C@@H](NC(=O)c2ccc(Br)cc2)c2ccccc2O1. The van der Waals surface area contributed by atoms with Crippen molar-refractivity contribution in [2.45, 2.75) is 31.9 Å². The summed E-state index contributed by atoms with van der Waals surface area (Å²) in [5, 5.41) is 3.13. The highest BCUT2D eigenvalue weighted by Gasteiger charge is 2.34. The van der Waals surface area contributed by atoms with Crippen LogP contribution in [0.15, 0.2) is 53.0 Å². The van der Waals surface area contributed by atoms with Gasteiger partial charge in [-0.1, -0.05) is 34.1 Å². The minimum absolute atomic E-state index is 0.0453. The first-order valence-electron chi connectivity index (χ1n) is 7.29. The molecule has 0 spiro atoms. The largest absolute Gasteiger partial charge is 0.487 e. The maximum Gasteiger partial charge on any atom is 0.251 e. The lowest BCUT2D eigenvalue weighted by molar-refractivity contribution is 0.0620. The van der Waals surface area contributed by atoms with Gasteiger partial charge in [0.2, 0.25) is 0 Å². The van der Waals surface area contributed by atoms with Crippen LogP contribution in [0.5, 0.6) is 5.75 Å². The predicted molar refractivity (Wildman–Crippen MR) is 90.1 cm³/mol. The van der Waals surface area contributed by atoms with Crippen LogP contribution in [-0.2, 0) is 0 Å². The second-order valence-corrected chi connectivity index (χ2v) is 7.05. The second kappa shape index (κ2) is 5.76. The van der Waals surface area contributed by atoms with E-state index >= 15 is 0 Å². The smallest absolute Gasteiger partial charge is 0.251 e. The van der Waals surface area contributed by atoms with E-state index in [9.17, 15) is 4.79 Å². The Bertz CT molecular complexity index is 694. The van der Waals surface area contributed by atoms with Gasteiger partial charge in [-0.2, -0.15) is 0 Å². The summed E-state index contributed by atoms with van der Waals surface area (Å²) in [4.78, 5) is 12.5. The summed E-state index contributed by atoms with van der Waals surface area (Å²) in [6.45, 7) is 4.09. The molecular weight excluding hydrogens is 342 g/mol. The molecule has 0 bridgehead atoms. The number of hydrogen-bond acceptors (Lipinski definition) is 2. The van der Waals surface area contributed by atoms with Crippen LogP contribution in [0, 0.1) is 0 Å². The van der Waals surface area contributed by atoms with Crippen LogP contribution >= 0.6 is 15.9 Å². The number of benzene rings is 2. The summed E-state index contributed by atoms with van der Waals surface area (Å²) >= 11 is 3.38. The van der Waals surface area contributed by atoms with Crippen LogP contribution in [-0.4, -0.2) is 11.5 Å². The fourth-order valence-corrected chi connectivity index (χ4v) is 3.04. The zero-order valence-electron chi connectivity index (χ0n) is 12.6. The molecule has 2 aromatic rings. The van der Waals surface area contributed by atoms with E-state index < -0.39 is 0 Å². The van der Waals surface area contributed by atoms with Crippen molar-refractivity contribution < 1.29 is 9.53 Å². The third kappa shape index (κ3) is 3.17. The van der Waals surface area contributed by atoms with Gasteiger partial charge in [0.1, 0.15) is 11.4 Å². The molecule has 22 heavy (non-hydrogen) atoms. The molecule has 0 saturated heterocycles. The second-order valence-electron chi connectivity index (χ2n) is 6.14. The van der Waals surface area contributed by atoms with Crippen LogP contribution < -0.4 is 10.1 Å². The summed E-state index contributed by atoms with van der Waals surface area (Å²) < 4.78 is 6.95. The number of fused-ring (bicyclic) bond motifs is 1. The highest BCUT2D eigenvalue weighted by Crippen LogP contribution is 2.39. The van der Waals surface area contributed by atoms with Gasteiger partial charge >= 0.3 is 0 Å². The van der Waals surface area contributed by atoms with E-state index in [-0.39, 0.29) is 17.6 Å². The summed E-state index contributed by atoms with van der Waals surface area (Å²) in [5.74, 6) is 0.782. The predicted octanol–water partition coefficient (Wildman–Crippen LogP) is 4.48. The average Bonchev–Trinajstić information content (AvgIpc) is 2.46. The van der Waals surface area contributed by atoms with Gasteiger partial charge in [-0.15, -0.1) is 0 Å². The number of amides is 1. The monoisotopic (exact) mass is 359 g/mol. The fourth-order valence-electron chi connectivity index (χ4n) is 2.77. The van der Waals surface area contributed by atoms with Crippen molar-refractivity contribution in [3.05, 3.63) is 64.1 Å². The Morgan fingerprint density at radius 1 is 1.18 bits per heavy atom. The Kier molecular flexibility index (Phi) is 3.96. The van der Waals surface area contributed by atoms with Gasteiger partial charge in [0.15, 0.2) is 0 Å². The number of carbonyl (C=O) groups excluding carboxylic acids is 1. The summed E-state index contributed by atoms with van der Waals surface area (Å²) in [6.07, 6.45) is 0.742. The standard InChI is InChI=1S/C18H18BrNO2/c1-18(2)11-15(14-5-3-4-6-16(14)22-18)20-17(21)12-7-9-13(19)10-8-12/h3-10,15H,11H2,1-2H3,(H,20,21)/t15-/m1/s1. The van der Waals surface area contributed by atoms with Crippen LogP contribution in [0.2, 0.25) is 0 Å². The Morgan fingerprint density at radius 2 is 1.86 bits per heavy atom. The molecule has 0 radical (unpaired) electrons. The van der Waals surface area contributed by atoms with Gasteiger partial charge in [0, 0.05) is 22.0 Å². The van der Waals surface area contributed by atoms with Crippen molar-refractivity contribution in [2.75, 3.05) is 0 Å². The van der Waals surface area contributed by atoms with Crippen LogP contribution in [0.4, 0.5) is 0 Å². The van der Waals surface area contributed by atoms with E-state index in [1.54, 1.807) is 0 Å². The van der Waals surface area contributed by atoms with E-state index in [2.05, 4.69) is 21.2 Å². The minimum Gasteiger partial charge on any atom is -0.487 e. The van der Waals surface area contributed by atoms with Gasteiger partial charge in [0.25, 0.3) is 5.91 Å². The molecule has 0 aliphatic carbocycles. The number of nitrogens with one attached hydrogen (secondary N) is 1. The molecule has 1 aliphatic heterocycles. The van der Waals surface area contributed by atoms with E-state index in [4.69, 9.17) is 4.74 Å². The van der Waals surface area contributed by atoms with Gasteiger partial charge in [-0.05, 0) is 44.2 Å². The summed E-state index contributed by atoms with van der Waals surface area (Å²) in [5.41, 5.74) is 1.39. The molecule has 2 aromatic carbocycles. The Labute approximate surface area is 138 Å². The number of hydrogen-bond donors (Lipinski definition) is 1. The number of para-hydroxylation sites is 1. The topological polar surface area (TPSA) is 38.3 Å². The summed E-state index contributed by atoms with van der Waals surface area (Å²) in [7, 11) is 0. The van der Waals surface area contributed by atoms with Crippen molar-refractivity contribution in [2.24, 2.45) is 0 Å². The average molecular weight is 360 g/mol. The van der Waals surface area contributed by atoms with Gasteiger partial charge in [-0.3, -0.25) is 4.79 Å². The van der Waals surface area contributed by atoms with E-state index in [0.717, 1.165) is 22.2 Å². The molecule has 0 aromatic heterocycles. The van der Waals surface area contributed by atoms with E-state index in [1.165, 1.54) is 0 Å². The molecule has 3 rings (SSSR count). The zero-order chi connectivity index (χ0) is 15.7. The third-order valence-electron chi connectivity index (χ3n) is 3.79. The highest BCUT2D eigenvalue weighted by molar-refractivity contribution is 9.10. The van der Waals surface area contributed by atoms with E-state index in [1.807, 2.05) is 62.4 Å². The molecule has 1 amide bonds. The molecule has 1 aliphatic rings. The normalized spacial score (nSPS) is 19.0. The molecule has 0 unspecified atom stereocenters. The number of ether oxygens (including phenoxy) is 1. The van der Waals surface area contributed by atoms with Crippen molar-refractivity contribution in [3.63, 3.8) is 0 Å². The van der Waals surface area contributed by atoms with Gasteiger partial charge in [-0.25, -0.2) is 0 Å². The van der Waals surface area contributed by atoms with Crippen molar-refractivity contribution in [1.29, 1.82) is 0 Å². The minimum atomic E-state index is -0.300. The Morgan fingerprint density at radius 3 is 2.59 bits per heavy atom. The molecule has 0 fully saturated rings. The quantitative estimate of drug-likeness (QED) is 0.858. The maximum absolute atomic E-state index is 12.5. The van der Waals surface area contributed by atoms with Crippen molar-refractivity contribution >= 4 is 21.8 Å². The first-order chi connectivity index (χ1) is 10.4. The molecular formula is C18H18BrNO2. The summed E-state index contributed by atoms with van der Waals surface area (Å²) in [6, 6.07) is 15.2. The van der Waals surface area contributed by atoms with Crippen molar-refractivity contribution in [1.82, 2.24) is 5.32 Å². The molecule has 114 valence electrons. The maximum atomic E-state index is 12.5. The van der Waals surface area contributed by atoms with Crippen LogP contribution in [0.3, 0.4) is 0 Å². The Hall–Kier alpha value is -1.81. The lowest BCUT2D eigenvalue weighted by Crippen LogP contribution is -2.41.